The maximum Gasteiger partial charge on any atom is 0.247 e. The predicted molar refractivity (Wildman–Crippen MR) is 122 cm³/mol. The maximum atomic E-state index is 13.7. The minimum absolute atomic E-state index is 0.0613. The first-order valence-corrected chi connectivity index (χ1v) is 12.2. The van der Waals surface area contributed by atoms with Crippen molar-refractivity contribution in [1.82, 2.24) is 10.2 Å². The highest BCUT2D eigenvalue weighted by atomic mass is 35.5. The maximum absolute atomic E-state index is 13.7. The molecule has 0 radical (unpaired) electrons. The summed E-state index contributed by atoms with van der Waals surface area (Å²) >= 11 is 6.04. The summed E-state index contributed by atoms with van der Waals surface area (Å²) in [4.78, 5) is 28.5. The molecule has 2 saturated carbocycles. The van der Waals surface area contributed by atoms with Crippen molar-refractivity contribution in [2.24, 2.45) is 11.8 Å². The molecule has 4 nitrogen and oxygen atoms in total. The summed E-state index contributed by atoms with van der Waals surface area (Å²) in [6, 6.07) is 7.63. The van der Waals surface area contributed by atoms with E-state index in [0.29, 0.717) is 11.8 Å². The van der Waals surface area contributed by atoms with Gasteiger partial charge in [0, 0.05) is 12.1 Å². The van der Waals surface area contributed by atoms with Crippen molar-refractivity contribution >= 4 is 23.4 Å². The number of amides is 2. The Balaban J connectivity index is 1.92. The summed E-state index contributed by atoms with van der Waals surface area (Å²) in [6.07, 6.45) is 8.62. The zero-order valence-corrected chi connectivity index (χ0v) is 19.5. The summed E-state index contributed by atoms with van der Waals surface area (Å²) in [5.41, 5.74) is 2.01. The van der Waals surface area contributed by atoms with Gasteiger partial charge in [0.05, 0.1) is 0 Å². The van der Waals surface area contributed by atoms with Gasteiger partial charge in [0.1, 0.15) is 11.9 Å². The van der Waals surface area contributed by atoms with Crippen molar-refractivity contribution < 1.29 is 9.59 Å². The zero-order chi connectivity index (χ0) is 21.7. The molecule has 1 N–H and O–H groups in total. The Morgan fingerprint density at radius 2 is 1.70 bits per heavy atom. The highest BCUT2D eigenvalue weighted by Gasteiger charge is 2.38. The standard InChI is InChI=1S/C25H37ClN2O2/c1-17-12-14-20(15-13-17)24(25(30)27-22-11-7-8-18(2)19(22)3)28(23(29)16-26)21-9-5-4-6-10-21/h12-15,18-19,21-22,24H,4-11,16H2,1-3H3,(H,27,30)/t18-,19-,22-,24-/m1/s1. The number of halogens is 1. The van der Waals surface area contributed by atoms with Crippen molar-refractivity contribution in [3.63, 3.8) is 0 Å². The number of aryl methyl sites for hydroxylation is 1. The molecular formula is C25H37ClN2O2. The van der Waals surface area contributed by atoms with Crippen LogP contribution in [0.1, 0.15) is 82.4 Å². The third-order valence-corrected chi connectivity index (χ3v) is 7.55. The average Bonchev–Trinajstić information content (AvgIpc) is 2.76. The summed E-state index contributed by atoms with van der Waals surface area (Å²) < 4.78 is 0. The van der Waals surface area contributed by atoms with Crippen LogP contribution >= 0.6 is 11.6 Å². The molecule has 30 heavy (non-hydrogen) atoms. The molecule has 0 aromatic heterocycles. The van der Waals surface area contributed by atoms with Gasteiger partial charge in [-0.05, 0) is 43.6 Å². The molecule has 5 heteroatoms. The van der Waals surface area contributed by atoms with Crippen molar-refractivity contribution in [2.45, 2.75) is 90.3 Å². The summed E-state index contributed by atoms with van der Waals surface area (Å²) in [7, 11) is 0. The Kier molecular flexibility index (Phi) is 8.21. The van der Waals surface area contributed by atoms with E-state index in [4.69, 9.17) is 11.6 Å². The fourth-order valence-electron chi connectivity index (χ4n) is 5.22. The fourth-order valence-corrected chi connectivity index (χ4v) is 5.36. The molecule has 2 aliphatic rings. The normalized spacial score (nSPS) is 26.1. The van der Waals surface area contributed by atoms with Gasteiger partial charge in [-0.15, -0.1) is 11.6 Å². The van der Waals surface area contributed by atoms with E-state index in [-0.39, 0.29) is 29.8 Å². The lowest BCUT2D eigenvalue weighted by atomic mass is 9.78. The van der Waals surface area contributed by atoms with Crippen LogP contribution in [0.3, 0.4) is 0 Å². The first-order valence-electron chi connectivity index (χ1n) is 11.7. The van der Waals surface area contributed by atoms with Gasteiger partial charge in [-0.2, -0.15) is 0 Å². The number of carbonyl (C=O) groups excluding carboxylic acids is 2. The van der Waals surface area contributed by atoms with Crippen LogP contribution in [-0.2, 0) is 9.59 Å². The first-order chi connectivity index (χ1) is 14.4. The highest BCUT2D eigenvalue weighted by Crippen LogP contribution is 2.33. The van der Waals surface area contributed by atoms with E-state index in [1.54, 1.807) is 0 Å². The van der Waals surface area contributed by atoms with E-state index in [9.17, 15) is 9.59 Å². The second-order valence-electron chi connectivity index (χ2n) is 9.42. The van der Waals surface area contributed by atoms with Gasteiger partial charge in [0.2, 0.25) is 11.8 Å². The molecule has 4 atom stereocenters. The van der Waals surface area contributed by atoms with Crippen molar-refractivity contribution in [2.75, 3.05) is 5.88 Å². The fraction of sp³-hybridized carbons (Fsp3) is 0.680. The minimum Gasteiger partial charge on any atom is -0.351 e. The molecule has 0 unspecified atom stereocenters. The number of alkyl halides is 1. The molecule has 2 amide bonds. The van der Waals surface area contributed by atoms with Crippen LogP contribution in [-0.4, -0.2) is 34.7 Å². The van der Waals surface area contributed by atoms with Crippen LogP contribution < -0.4 is 5.32 Å². The zero-order valence-electron chi connectivity index (χ0n) is 18.7. The molecular weight excluding hydrogens is 396 g/mol. The summed E-state index contributed by atoms with van der Waals surface area (Å²) in [6.45, 7) is 6.54. The molecule has 0 spiro atoms. The number of benzene rings is 1. The van der Waals surface area contributed by atoms with Gasteiger partial charge in [-0.1, -0.05) is 75.8 Å². The quantitative estimate of drug-likeness (QED) is 0.613. The minimum atomic E-state index is -0.621. The number of rotatable bonds is 6. The lowest BCUT2D eigenvalue weighted by Crippen LogP contribution is -2.53. The molecule has 2 aliphatic carbocycles. The molecule has 3 rings (SSSR count). The van der Waals surface area contributed by atoms with Crippen LogP contribution in [0.2, 0.25) is 0 Å². The van der Waals surface area contributed by atoms with Crippen molar-refractivity contribution in [3.8, 4) is 0 Å². The van der Waals surface area contributed by atoms with Crippen molar-refractivity contribution in [3.05, 3.63) is 35.4 Å². The molecule has 2 fully saturated rings. The predicted octanol–water partition coefficient (Wildman–Crippen LogP) is 5.38. The number of hydrogen-bond donors (Lipinski definition) is 1. The Morgan fingerprint density at radius 1 is 1.03 bits per heavy atom. The second kappa shape index (κ2) is 10.7. The molecule has 0 bridgehead atoms. The van der Waals surface area contributed by atoms with Crippen LogP contribution in [0, 0.1) is 18.8 Å². The Morgan fingerprint density at radius 3 is 2.33 bits per heavy atom. The Bertz CT molecular complexity index is 714. The SMILES string of the molecule is Cc1ccc([C@H](C(=O)N[C@@H]2CCC[C@@H](C)[C@H]2C)N(C(=O)CCl)C2CCCCC2)cc1. The van der Waals surface area contributed by atoms with Gasteiger partial charge < -0.3 is 10.2 Å². The number of nitrogens with zero attached hydrogens (tertiary/aromatic N) is 1. The van der Waals surface area contributed by atoms with Crippen LogP contribution in [0.25, 0.3) is 0 Å². The Hall–Kier alpha value is -1.55. The summed E-state index contributed by atoms with van der Waals surface area (Å²) in [5, 5.41) is 3.33. The molecule has 0 aliphatic heterocycles. The summed E-state index contributed by atoms with van der Waals surface area (Å²) in [5.74, 6) is 0.737. The van der Waals surface area contributed by atoms with Crippen LogP contribution in [0.15, 0.2) is 24.3 Å². The van der Waals surface area contributed by atoms with E-state index < -0.39 is 6.04 Å². The molecule has 1 aromatic rings. The van der Waals surface area contributed by atoms with E-state index >= 15 is 0 Å². The van der Waals surface area contributed by atoms with Gasteiger partial charge in [-0.3, -0.25) is 9.59 Å². The van der Waals surface area contributed by atoms with E-state index in [0.717, 1.165) is 49.7 Å². The van der Waals surface area contributed by atoms with Crippen LogP contribution in [0.4, 0.5) is 0 Å². The highest BCUT2D eigenvalue weighted by molar-refractivity contribution is 6.27. The Labute approximate surface area is 186 Å². The number of hydrogen-bond acceptors (Lipinski definition) is 2. The van der Waals surface area contributed by atoms with Gasteiger partial charge in [-0.25, -0.2) is 0 Å². The van der Waals surface area contributed by atoms with Gasteiger partial charge in [0.15, 0.2) is 0 Å². The molecule has 0 heterocycles. The average molecular weight is 433 g/mol. The lowest BCUT2D eigenvalue weighted by molar-refractivity contribution is -0.143. The van der Waals surface area contributed by atoms with Gasteiger partial charge >= 0.3 is 0 Å². The van der Waals surface area contributed by atoms with Crippen molar-refractivity contribution in [1.29, 1.82) is 0 Å². The smallest absolute Gasteiger partial charge is 0.247 e. The monoisotopic (exact) mass is 432 g/mol. The molecule has 1 aromatic carbocycles. The van der Waals surface area contributed by atoms with E-state index in [1.165, 1.54) is 12.8 Å². The second-order valence-corrected chi connectivity index (χ2v) is 9.69. The first kappa shape index (κ1) is 23.1. The largest absolute Gasteiger partial charge is 0.351 e. The molecule has 0 saturated heterocycles. The van der Waals surface area contributed by atoms with E-state index in [2.05, 4.69) is 19.2 Å². The third-order valence-electron chi connectivity index (χ3n) is 7.32. The lowest BCUT2D eigenvalue weighted by Gasteiger charge is -2.41. The van der Waals surface area contributed by atoms with Gasteiger partial charge in [0.25, 0.3) is 0 Å². The third kappa shape index (κ3) is 5.38. The molecule has 166 valence electrons. The number of carbonyl (C=O) groups is 2. The number of nitrogens with one attached hydrogen (secondary N) is 1. The topological polar surface area (TPSA) is 49.4 Å². The van der Waals surface area contributed by atoms with E-state index in [1.807, 2.05) is 36.1 Å². The van der Waals surface area contributed by atoms with Crippen LogP contribution in [0.5, 0.6) is 0 Å².